The molecule has 0 aliphatic rings. The second-order valence-electron chi connectivity index (χ2n) is 2.87. The third-order valence-corrected chi connectivity index (χ3v) is 1.97. The summed E-state index contributed by atoms with van der Waals surface area (Å²) in [5, 5.41) is 2.47. The first-order valence-electron chi connectivity index (χ1n) is 4.26. The van der Waals surface area contributed by atoms with Crippen molar-refractivity contribution in [2.24, 2.45) is 0 Å². The van der Waals surface area contributed by atoms with Crippen LogP contribution in [-0.2, 0) is 0 Å². The topological polar surface area (TPSA) is 4.36 Å². The summed E-state index contributed by atoms with van der Waals surface area (Å²) < 4.78 is 0. The van der Waals surface area contributed by atoms with Crippen molar-refractivity contribution in [2.45, 2.75) is 6.92 Å². The van der Waals surface area contributed by atoms with E-state index in [1.54, 1.807) is 6.92 Å². The molecule has 1 nitrogen and oxygen atoms in total. The third-order valence-electron chi connectivity index (χ3n) is 1.97. The molecule has 62 valence electrons. The molecule has 0 fully saturated rings. The van der Waals surface area contributed by atoms with E-state index in [9.17, 15) is 0 Å². The van der Waals surface area contributed by atoms with Crippen LogP contribution in [0.3, 0.4) is 0 Å². The molecule has 0 bridgehead atoms. The summed E-state index contributed by atoms with van der Waals surface area (Å²) in [6, 6.07) is 17.2. The molecule has 0 spiro atoms. The van der Waals surface area contributed by atoms with E-state index in [4.69, 9.17) is 0 Å². The normalized spacial score (nSPS) is 9.31. The molecule has 0 saturated carbocycles. The largest absolute Gasteiger partial charge is 0.340 e. The first kappa shape index (κ1) is 7.82. The van der Waals surface area contributed by atoms with Crippen molar-refractivity contribution in [3.63, 3.8) is 0 Å². The van der Waals surface area contributed by atoms with Crippen LogP contribution in [0.5, 0.6) is 0 Å². The first-order chi connectivity index (χ1) is 6.40. The van der Waals surface area contributed by atoms with E-state index in [1.165, 1.54) is 10.8 Å². The van der Waals surface area contributed by atoms with Crippen LogP contribution in [0.15, 0.2) is 42.5 Å². The minimum atomic E-state index is 0.959. The molecule has 0 saturated heterocycles. The Hall–Kier alpha value is -1.81. The Kier molecular flexibility index (Phi) is 1.97. The summed E-state index contributed by atoms with van der Waals surface area (Å²) in [6.07, 6.45) is 0. The minimum absolute atomic E-state index is 0.959. The summed E-state index contributed by atoms with van der Waals surface area (Å²) >= 11 is 0. The monoisotopic (exact) mass is 168 g/mol. The second-order valence-corrected chi connectivity index (χ2v) is 2.87. The fourth-order valence-corrected chi connectivity index (χ4v) is 1.38. The summed E-state index contributed by atoms with van der Waals surface area (Å²) in [6.45, 7) is 1.80. The number of fused-ring (bicyclic) bond motifs is 1. The van der Waals surface area contributed by atoms with Gasteiger partial charge in [0.25, 0.3) is 6.07 Å². The number of hydrogen-bond acceptors (Lipinski definition) is 0. The molecule has 0 radical (unpaired) electrons. The molecule has 0 N–H and O–H groups in total. The molecule has 0 heterocycles. The van der Waals surface area contributed by atoms with E-state index < -0.39 is 0 Å². The maximum atomic E-state index is 4.11. The van der Waals surface area contributed by atoms with Gasteiger partial charge in [-0.2, -0.15) is 0 Å². The highest BCUT2D eigenvalue weighted by Crippen LogP contribution is 2.20. The van der Waals surface area contributed by atoms with Gasteiger partial charge < -0.3 is 0 Å². The Morgan fingerprint density at radius 1 is 1.00 bits per heavy atom. The maximum absolute atomic E-state index is 4.11. The van der Waals surface area contributed by atoms with Crippen molar-refractivity contribution in [3.05, 3.63) is 47.3 Å². The van der Waals surface area contributed by atoms with Crippen LogP contribution < -0.4 is 0 Å². The van der Waals surface area contributed by atoms with Crippen molar-refractivity contribution < 1.29 is 0 Å². The van der Waals surface area contributed by atoms with Gasteiger partial charge in [-0.1, -0.05) is 24.3 Å². The Morgan fingerprint density at radius 2 is 1.77 bits per heavy atom. The summed E-state index contributed by atoms with van der Waals surface area (Å²) in [5.74, 6) is 0. The molecule has 2 aromatic rings. The van der Waals surface area contributed by atoms with Crippen molar-refractivity contribution in [1.82, 2.24) is 0 Å². The maximum Gasteiger partial charge on any atom is 0.340 e. The zero-order chi connectivity index (χ0) is 9.10. The molecule has 0 atom stereocenters. The van der Waals surface area contributed by atoms with E-state index in [0.717, 1.165) is 5.69 Å². The van der Waals surface area contributed by atoms with Crippen LogP contribution in [0.25, 0.3) is 15.6 Å². The van der Waals surface area contributed by atoms with Gasteiger partial charge in [-0.25, -0.2) is 0 Å². The summed E-state index contributed by atoms with van der Waals surface area (Å²) in [7, 11) is 0. The zero-order valence-corrected chi connectivity index (χ0v) is 7.49. The molecule has 1 heteroatoms. The molecular formula is C12H10N+. The fraction of sp³-hybridized carbons (Fsp3) is 0.0833. The molecule has 0 aliphatic carbocycles. The van der Waals surface area contributed by atoms with Crippen molar-refractivity contribution in [3.8, 4) is 6.07 Å². The van der Waals surface area contributed by atoms with Gasteiger partial charge in [0.1, 0.15) is 0 Å². The van der Waals surface area contributed by atoms with Gasteiger partial charge >= 0.3 is 5.69 Å². The van der Waals surface area contributed by atoms with E-state index in [-0.39, 0.29) is 0 Å². The number of hydrogen-bond donors (Lipinski definition) is 0. The van der Waals surface area contributed by atoms with Crippen molar-refractivity contribution >= 4 is 16.5 Å². The Labute approximate surface area is 77.4 Å². The van der Waals surface area contributed by atoms with Gasteiger partial charge in [0.15, 0.2) is 0 Å². The highest BCUT2D eigenvalue weighted by Gasteiger charge is 2.00. The lowest BCUT2D eigenvalue weighted by Crippen LogP contribution is -1.69. The summed E-state index contributed by atoms with van der Waals surface area (Å²) in [4.78, 5) is 4.11. The van der Waals surface area contributed by atoms with E-state index in [2.05, 4.69) is 35.2 Å². The van der Waals surface area contributed by atoms with Crippen LogP contribution in [0.2, 0.25) is 0 Å². The molecule has 0 aromatic heterocycles. The van der Waals surface area contributed by atoms with Crippen molar-refractivity contribution in [2.75, 3.05) is 0 Å². The lowest BCUT2D eigenvalue weighted by atomic mass is 10.1. The van der Waals surface area contributed by atoms with Gasteiger partial charge in [-0.3, -0.25) is 0 Å². The Balaban J connectivity index is 2.66. The predicted octanol–water partition coefficient (Wildman–Crippen LogP) is 3.82. The van der Waals surface area contributed by atoms with Crippen LogP contribution in [0.4, 0.5) is 5.69 Å². The first-order valence-corrected chi connectivity index (χ1v) is 4.26. The minimum Gasteiger partial charge on any atom is -0.0616 e. The molecule has 13 heavy (non-hydrogen) atoms. The molecule has 0 amide bonds. The third kappa shape index (κ3) is 1.52. The van der Waals surface area contributed by atoms with Crippen molar-refractivity contribution in [1.29, 1.82) is 0 Å². The lowest BCUT2D eigenvalue weighted by Gasteiger charge is -1.92. The van der Waals surface area contributed by atoms with Gasteiger partial charge in [-0.05, 0) is 21.7 Å². The highest BCUT2D eigenvalue weighted by molar-refractivity contribution is 5.85. The molecule has 2 aromatic carbocycles. The molecule has 0 aliphatic heterocycles. The SMILES string of the molecule is CC#[N+]c1ccc2ccccc2c1. The quantitative estimate of drug-likeness (QED) is 0.563. The average Bonchev–Trinajstić information content (AvgIpc) is 2.18. The molecule has 0 unspecified atom stereocenters. The van der Waals surface area contributed by atoms with Crippen LogP contribution in [-0.4, -0.2) is 0 Å². The Bertz CT molecular complexity index is 489. The zero-order valence-electron chi connectivity index (χ0n) is 7.49. The second kappa shape index (κ2) is 3.28. The fourth-order valence-electron chi connectivity index (χ4n) is 1.38. The van der Waals surface area contributed by atoms with Crippen LogP contribution >= 0.6 is 0 Å². The molecule has 2 rings (SSSR count). The van der Waals surface area contributed by atoms with Gasteiger partial charge in [0, 0.05) is 12.1 Å². The standard InChI is InChI=1S/C12H10N/c1-2-13-12-8-7-10-5-3-4-6-11(10)9-12/h3-9H,1H3/q+1. The molecular weight excluding hydrogens is 158 g/mol. The van der Waals surface area contributed by atoms with Gasteiger partial charge in [-0.15, -0.1) is 0 Å². The number of nitrogens with zero attached hydrogens (tertiary/aromatic N) is 1. The van der Waals surface area contributed by atoms with E-state index >= 15 is 0 Å². The van der Waals surface area contributed by atoms with Gasteiger partial charge in [0.05, 0.1) is 6.92 Å². The van der Waals surface area contributed by atoms with E-state index in [0.29, 0.717) is 0 Å². The number of rotatable bonds is 0. The van der Waals surface area contributed by atoms with Crippen LogP contribution in [0, 0.1) is 6.07 Å². The average molecular weight is 168 g/mol. The van der Waals surface area contributed by atoms with E-state index in [1.807, 2.05) is 18.2 Å². The summed E-state index contributed by atoms with van der Waals surface area (Å²) in [5.41, 5.74) is 0.959. The predicted molar refractivity (Wildman–Crippen MR) is 56.5 cm³/mol. The number of benzene rings is 2. The lowest BCUT2D eigenvalue weighted by molar-refractivity contribution is 1.74. The smallest absolute Gasteiger partial charge is 0.0616 e. The Morgan fingerprint density at radius 3 is 2.54 bits per heavy atom. The highest BCUT2D eigenvalue weighted by atomic mass is 14.6. The van der Waals surface area contributed by atoms with Gasteiger partial charge in [0.2, 0.25) is 0 Å². The van der Waals surface area contributed by atoms with Crippen LogP contribution in [0.1, 0.15) is 6.92 Å².